The summed E-state index contributed by atoms with van der Waals surface area (Å²) in [6, 6.07) is 21.9. The summed E-state index contributed by atoms with van der Waals surface area (Å²) in [6.45, 7) is 0.159. The number of aryl methyl sites for hydroxylation is 1. The Kier molecular flexibility index (Phi) is 3.98. The van der Waals surface area contributed by atoms with Gasteiger partial charge >= 0.3 is 0 Å². The van der Waals surface area contributed by atoms with E-state index in [0.717, 1.165) is 22.0 Å². The predicted molar refractivity (Wildman–Crippen MR) is 117 cm³/mol. The highest BCUT2D eigenvalue weighted by atomic mass is 16.7. The number of benzene rings is 3. The third kappa shape index (κ3) is 2.61. The fraction of sp³-hybridized carbons (Fsp3) is 0.120. The molecule has 0 aliphatic carbocycles. The van der Waals surface area contributed by atoms with Crippen LogP contribution in [0.2, 0.25) is 0 Å². The van der Waals surface area contributed by atoms with Crippen molar-refractivity contribution in [3.05, 3.63) is 95.2 Å². The Hall–Kier alpha value is -4.26. The second-order valence-corrected chi connectivity index (χ2v) is 7.84. The fourth-order valence-corrected chi connectivity index (χ4v) is 4.62. The first-order valence-electron chi connectivity index (χ1n) is 10.3. The first-order valence-corrected chi connectivity index (χ1v) is 10.3. The Labute approximate surface area is 183 Å². The van der Waals surface area contributed by atoms with E-state index < -0.39 is 6.04 Å². The van der Waals surface area contributed by atoms with Gasteiger partial charge in [0.25, 0.3) is 11.8 Å². The molecule has 3 heterocycles. The predicted octanol–water partition coefficient (Wildman–Crippen LogP) is 3.80. The summed E-state index contributed by atoms with van der Waals surface area (Å²) in [6.07, 6.45) is 0. The van der Waals surface area contributed by atoms with Gasteiger partial charge in [0.05, 0.1) is 0 Å². The summed E-state index contributed by atoms with van der Waals surface area (Å²) in [5.74, 6) is 0.668. The molecule has 0 bridgehead atoms. The van der Waals surface area contributed by atoms with Gasteiger partial charge in [-0.2, -0.15) is 0 Å². The van der Waals surface area contributed by atoms with Crippen molar-refractivity contribution in [3.63, 3.8) is 0 Å². The summed E-state index contributed by atoms with van der Waals surface area (Å²) in [4.78, 5) is 26.8. The summed E-state index contributed by atoms with van der Waals surface area (Å²) in [5, 5.41) is 2.35. The number of hydrazine groups is 1. The fourth-order valence-electron chi connectivity index (χ4n) is 4.62. The zero-order valence-corrected chi connectivity index (χ0v) is 17.2. The normalized spacial score (nSPS) is 16.7. The Bertz CT molecular complexity index is 1390. The van der Waals surface area contributed by atoms with E-state index in [1.165, 1.54) is 5.01 Å². The van der Waals surface area contributed by atoms with Crippen molar-refractivity contribution in [2.75, 3.05) is 6.79 Å². The summed E-state index contributed by atoms with van der Waals surface area (Å²) >= 11 is 0. The molecule has 0 fully saturated rings. The van der Waals surface area contributed by atoms with Crippen LogP contribution < -0.4 is 14.9 Å². The van der Waals surface area contributed by atoms with Gasteiger partial charge in [-0.3, -0.25) is 15.0 Å². The van der Waals surface area contributed by atoms with Crippen molar-refractivity contribution in [1.82, 2.24) is 15.0 Å². The quantitative estimate of drug-likeness (QED) is 0.530. The molecule has 7 heteroatoms. The molecule has 0 saturated carbocycles. The Balaban J connectivity index is 1.60. The molecule has 0 saturated heterocycles. The van der Waals surface area contributed by atoms with Gasteiger partial charge in [-0.15, -0.1) is 0 Å². The summed E-state index contributed by atoms with van der Waals surface area (Å²) in [5.41, 5.74) is 6.39. The number of nitrogens with one attached hydrogen (secondary N) is 1. The van der Waals surface area contributed by atoms with E-state index in [4.69, 9.17) is 9.47 Å². The molecule has 6 rings (SSSR count). The third-order valence-corrected chi connectivity index (χ3v) is 6.07. The molecule has 1 atom stereocenters. The number of rotatable bonds is 2. The van der Waals surface area contributed by atoms with E-state index in [2.05, 4.69) is 5.43 Å². The molecule has 1 aromatic heterocycles. The average Bonchev–Trinajstić information content (AvgIpc) is 3.42. The molecule has 7 nitrogen and oxygen atoms in total. The number of carbonyl (C=O) groups excluding carboxylic acids is 2. The molecule has 0 spiro atoms. The Morgan fingerprint density at radius 3 is 2.56 bits per heavy atom. The van der Waals surface area contributed by atoms with E-state index in [-0.39, 0.29) is 18.6 Å². The Morgan fingerprint density at radius 1 is 0.969 bits per heavy atom. The molecule has 1 N–H and O–H groups in total. The van der Waals surface area contributed by atoms with Gasteiger partial charge in [-0.25, -0.2) is 5.01 Å². The number of carbonyl (C=O) groups is 2. The van der Waals surface area contributed by atoms with Crippen LogP contribution in [0.15, 0.2) is 72.8 Å². The number of hydrogen-bond donors (Lipinski definition) is 1. The smallest absolute Gasteiger partial charge is 0.286 e. The van der Waals surface area contributed by atoms with Gasteiger partial charge in [0.15, 0.2) is 11.5 Å². The van der Waals surface area contributed by atoms with Crippen molar-refractivity contribution in [2.45, 2.75) is 6.04 Å². The van der Waals surface area contributed by atoms with Crippen LogP contribution in [0, 0.1) is 0 Å². The van der Waals surface area contributed by atoms with Crippen molar-refractivity contribution in [2.24, 2.45) is 7.05 Å². The number of hydrogen-bond acceptors (Lipinski definition) is 4. The number of fused-ring (bicyclic) bond motifs is 4. The molecular weight excluding hydrogens is 406 g/mol. The van der Waals surface area contributed by atoms with Crippen LogP contribution >= 0.6 is 0 Å². The van der Waals surface area contributed by atoms with Gasteiger partial charge in [0.2, 0.25) is 6.79 Å². The summed E-state index contributed by atoms with van der Waals surface area (Å²) in [7, 11) is 1.87. The van der Waals surface area contributed by atoms with Gasteiger partial charge in [0.1, 0.15) is 11.7 Å². The van der Waals surface area contributed by atoms with Crippen molar-refractivity contribution in [3.8, 4) is 11.5 Å². The number of amides is 2. The van der Waals surface area contributed by atoms with Crippen LogP contribution in [-0.2, 0) is 7.05 Å². The maximum atomic E-state index is 13.6. The molecule has 2 amide bonds. The van der Waals surface area contributed by atoms with E-state index in [1.54, 1.807) is 24.3 Å². The molecular formula is C25H19N3O4. The topological polar surface area (TPSA) is 72.8 Å². The standard InChI is InChI=1S/C25H19N3O4/c1-27-18-10-6-5-9-17(18)21-22(16-11-12-19-20(13-16)32-14-31-19)28(26-24(29)23(21)27)25(30)15-7-3-2-4-8-15/h2-13,22H,14H2,1H3,(H,26,29). The molecule has 2 aliphatic heterocycles. The van der Waals surface area contributed by atoms with Gasteiger partial charge < -0.3 is 14.0 Å². The van der Waals surface area contributed by atoms with Crippen molar-refractivity contribution in [1.29, 1.82) is 0 Å². The molecule has 32 heavy (non-hydrogen) atoms. The zero-order chi connectivity index (χ0) is 21.8. The number of para-hydroxylation sites is 1. The molecule has 3 aromatic carbocycles. The maximum absolute atomic E-state index is 13.6. The third-order valence-electron chi connectivity index (χ3n) is 6.07. The van der Waals surface area contributed by atoms with Crippen molar-refractivity contribution >= 4 is 22.7 Å². The molecule has 0 radical (unpaired) electrons. The monoisotopic (exact) mass is 425 g/mol. The molecule has 158 valence electrons. The zero-order valence-electron chi connectivity index (χ0n) is 17.2. The number of ether oxygens (including phenoxy) is 2. The van der Waals surface area contributed by atoms with Crippen LogP contribution in [0.25, 0.3) is 10.9 Å². The van der Waals surface area contributed by atoms with E-state index >= 15 is 0 Å². The summed E-state index contributed by atoms with van der Waals surface area (Å²) < 4.78 is 12.9. The second-order valence-electron chi connectivity index (χ2n) is 7.84. The minimum absolute atomic E-state index is 0.159. The minimum atomic E-state index is -0.545. The second kappa shape index (κ2) is 6.88. The lowest BCUT2D eigenvalue weighted by molar-refractivity contribution is 0.0481. The number of aromatic nitrogens is 1. The Morgan fingerprint density at radius 2 is 1.72 bits per heavy atom. The number of nitrogens with zero attached hydrogens (tertiary/aromatic N) is 2. The lowest BCUT2D eigenvalue weighted by Gasteiger charge is -2.36. The van der Waals surface area contributed by atoms with E-state index in [9.17, 15) is 9.59 Å². The first-order chi connectivity index (χ1) is 15.6. The van der Waals surface area contributed by atoms with Gasteiger partial charge in [-0.05, 0) is 35.9 Å². The SMILES string of the molecule is Cn1c2c(c3ccccc31)C(c1ccc3c(c1)OCO3)N(C(=O)c1ccccc1)NC2=O. The minimum Gasteiger partial charge on any atom is -0.454 e. The van der Waals surface area contributed by atoms with Crippen LogP contribution in [0.4, 0.5) is 0 Å². The average molecular weight is 425 g/mol. The largest absolute Gasteiger partial charge is 0.454 e. The van der Waals surface area contributed by atoms with Gasteiger partial charge in [-0.1, -0.05) is 42.5 Å². The lowest BCUT2D eigenvalue weighted by Crippen LogP contribution is -2.52. The van der Waals surface area contributed by atoms with Crippen LogP contribution in [-0.4, -0.2) is 28.2 Å². The molecule has 1 unspecified atom stereocenters. The lowest BCUT2D eigenvalue weighted by atomic mass is 9.92. The van der Waals surface area contributed by atoms with Gasteiger partial charge in [0, 0.05) is 29.1 Å². The van der Waals surface area contributed by atoms with E-state index in [0.29, 0.717) is 22.8 Å². The van der Waals surface area contributed by atoms with Crippen LogP contribution in [0.5, 0.6) is 11.5 Å². The molecule has 2 aliphatic rings. The molecule has 4 aromatic rings. The highest BCUT2D eigenvalue weighted by molar-refractivity contribution is 6.06. The highest BCUT2D eigenvalue weighted by Crippen LogP contribution is 2.43. The van der Waals surface area contributed by atoms with E-state index in [1.807, 2.05) is 60.1 Å². The van der Waals surface area contributed by atoms with Crippen LogP contribution in [0.3, 0.4) is 0 Å². The maximum Gasteiger partial charge on any atom is 0.286 e. The highest BCUT2D eigenvalue weighted by Gasteiger charge is 2.40. The first kappa shape index (κ1) is 18.5. The van der Waals surface area contributed by atoms with Crippen molar-refractivity contribution < 1.29 is 19.1 Å². The van der Waals surface area contributed by atoms with Crippen LogP contribution in [0.1, 0.15) is 38.0 Å².